The van der Waals surface area contributed by atoms with E-state index in [1.54, 1.807) is 6.07 Å². The summed E-state index contributed by atoms with van der Waals surface area (Å²) in [5.41, 5.74) is 0.110. The fraction of sp³-hybridized carbons (Fsp3) is 0.296. The quantitative estimate of drug-likeness (QED) is 0.413. The number of nitrogens with zero attached hydrogens (tertiary/aromatic N) is 3. The predicted molar refractivity (Wildman–Crippen MR) is 134 cm³/mol. The van der Waals surface area contributed by atoms with Crippen LogP contribution in [0.25, 0.3) is 0 Å². The van der Waals surface area contributed by atoms with Gasteiger partial charge >= 0.3 is 12.3 Å². The number of rotatable bonds is 7. The summed E-state index contributed by atoms with van der Waals surface area (Å²) >= 11 is 0. The van der Waals surface area contributed by atoms with Gasteiger partial charge in [-0.05, 0) is 54.8 Å². The SMILES string of the molecule is C[C@H](N(Cc1ccc(F)cc1)C(=O)CN1C(=O)O[C@@]2(CCc3cc(NC(=O)c4ccn[nH]4)ccc32)C1=O)C(F)(F)F. The van der Waals surface area contributed by atoms with Crippen LogP contribution in [0.4, 0.5) is 28.0 Å². The Hall–Kier alpha value is -4.75. The second kappa shape index (κ2) is 10.3. The van der Waals surface area contributed by atoms with Crippen molar-refractivity contribution in [1.29, 1.82) is 0 Å². The molecule has 1 aliphatic heterocycles. The highest BCUT2D eigenvalue weighted by atomic mass is 19.4. The van der Waals surface area contributed by atoms with Crippen molar-refractivity contribution < 1.29 is 41.5 Å². The van der Waals surface area contributed by atoms with Crippen LogP contribution in [-0.4, -0.2) is 62.6 Å². The highest BCUT2D eigenvalue weighted by molar-refractivity contribution is 6.07. The molecule has 0 unspecified atom stereocenters. The molecule has 1 saturated heterocycles. The van der Waals surface area contributed by atoms with Crippen molar-refractivity contribution in [2.45, 2.75) is 44.1 Å². The minimum atomic E-state index is -4.80. The van der Waals surface area contributed by atoms with E-state index in [2.05, 4.69) is 15.5 Å². The number of aromatic amines is 1. The smallest absolute Gasteiger partial charge is 0.418 e. The molecular formula is C27H23F4N5O5. The zero-order valence-corrected chi connectivity index (χ0v) is 21.5. The van der Waals surface area contributed by atoms with Crippen molar-refractivity contribution in [3.8, 4) is 0 Å². The van der Waals surface area contributed by atoms with Crippen molar-refractivity contribution in [1.82, 2.24) is 20.0 Å². The van der Waals surface area contributed by atoms with Crippen molar-refractivity contribution in [3.05, 3.63) is 82.9 Å². The number of H-pyrrole nitrogens is 1. The number of hydrogen-bond acceptors (Lipinski definition) is 6. The van der Waals surface area contributed by atoms with E-state index in [1.165, 1.54) is 36.5 Å². The summed E-state index contributed by atoms with van der Waals surface area (Å²) in [5, 5.41) is 8.95. The number of ether oxygens (including phenoxy) is 1. The van der Waals surface area contributed by atoms with Gasteiger partial charge in [0.1, 0.15) is 24.1 Å². The molecule has 0 radical (unpaired) electrons. The summed E-state index contributed by atoms with van der Waals surface area (Å²) in [7, 11) is 0. The Morgan fingerprint density at radius 1 is 1.17 bits per heavy atom. The van der Waals surface area contributed by atoms with Gasteiger partial charge in [-0.1, -0.05) is 18.2 Å². The van der Waals surface area contributed by atoms with Gasteiger partial charge in [0, 0.05) is 30.4 Å². The van der Waals surface area contributed by atoms with Crippen molar-refractivity contribution in [2.24, 2.45) is 0 Å². The van der Waals surface area contributed by atoms with Crippen LogP contribution in [0.1, 0.15) is 40.5 Å². The highest BCUT2D eigenvalue weighted by Crippen LogP contribution is 2.46. The van der Waals surface area contributed by atoms with E-state index >= 15 is 0 Å². The average Bonchev–Trinajstić information content (AvgIpc) is 3.64. The van der Waals surface area contributed by atoms with Crippen molar-refractivity contribution >= 4 is 29.5 Å². The number of halogens is 4. The summed E-state index contributed by atoms with van der Waals surface area (Å²) in [6.07, 6.45) is -4.20. The van der Waals surface area contributed by atoms with Gasteiger partial charge in [0.15, 0.2) is 0 Å². The minimum absolute atomic E-state index is 0.0494. The zero-order valence-electron chi connectivity index (χ0n) is 21.5. The predicted octanol–water partition coefficient (Wildman–Crippen LogP) is 3.90. The number of carbonyl (C=O) groups excluding carboxylic acids is 4. The van der Waals surface area contributed by atoms with E-state index in [9.17, 15) is 36.7 Å². The first-order valence-electron chi connectivity index (χ1n) is 12.5. The number of amides is 4. The van der Waals surface area contributed by atoms with Crippen LogP contribution in [0.15, 0.2) is 54.7 Å². The van der Waals surface area contributed by atoms with Crippen molar-refractivity contribution in [2.75, 3.05) is 11.9 Å². The van der Waals surface area contributed by atoms with Crippen LogP contribution in [0, 0.1) is 5.82 Å². The van der Waals surface area contributed by atoms with Crippen molar-refractivity contribution in [3.63, 3.8) is 0 Å². The van der Waals surface area contributed by atoms with Gasteiger partial charge < -0.3 is 15.0 Å². The molecule has 0 saturated carbocycles. The molecule has 0 bridgehead atoms. The topological polar surface area (TPSA) is 125 Å². The molecule has 5 rings (SSSR count). The Morgan fingerprint density at radius 2 is 1.90 bits per heavy atom. The van der Waals surface area contributed by atoms with Crippen LogP contribution in [0.5, 0.6) is 0 Å². The van der Waals surface area contributed by atoms with E-state index in [1.807, 2.05) is 0 Å². The van der Waals surface area contributed by atoms with E-state index in [0.29, 0.717) is 33.0 Å². The Morgan fingerprint density at radius 3 is 2.56 bits per heavy atom. The molecule has 41 heavy (non-hydrogen) atoms. The first kappa shape index (κ1) is 27.8. The third-order valence-electron chi connectivity index (χ3n) is 7.18. The highest BCUT2D eigenvalue weighted by Gasteiger charge is 2.58. The Bertz CT molecular complexity index is 1510. The van der Waals surface area contributed by atoms with E-state index < -0.39 is 60.5 Å². The number of anilines is 1. The maximum atomic E-state index is 13.6. The molecule has 1 spiro atoms. The lowest BCUT2D eigenvalue weighted by Gasteiger charge is -2.31. The maximum Gasteiger partial charge on any atom is 0.418 e. The summed E-state index contributed by atoms with van der Waals surface area (Å²) in [6.45, 7) is -0.727. The zero-order chi connectivity index (χ0) is 29.5. The molecule has 2 atom stereocenters. The third kappa shape index (κ3) is 5.24. The molecule has 214 valence electrons. The van der Waals surface area contributed by atoms with Crippen LogP contribution in [-0.2, 0) is 32.9 Å². The van der Waals surface area contributed by atoms with E-state index in [4.69, 9.17) is 4.74 Å². The minimum Gasteiger partial charge on any atom is -0.427 e. The number of benzene rings is 2. The fourth-order valence-corrected chi connectivity index (χ4v) is 4.94. The Labute approximate surface area is 230 Å². The van der Waals surface area contributed by atoms with E-state index in [0.717, 1.165) is 19.1 Å². The molecule has 1 aromatic heterocycles. The molecule has 1 fully saturated rings. The van der Waals surface area contributed by atoms with Crippen LogP contribution >= 0.6 is 0 Å². The van der Waals surface area contributed by atoms with E-state index in [-0.39, 0.29) is 17.7 Å². The van der Waals surface area contributed by atoms with Gasteiger partial charge in [-0.3, -0.25) is 19.5 Å². The number of aryl methyl sites for hydroxylation is 1. The number of hydrogen-bond donors (Lipinski definition) is 2. The molecule has 2 heterocycles. The number of nitrogens with one attached hydrogen (secondary N) is 2. The molecule has 2 aliphatic rings. The molecular weight excluding hydrogens is 550 g/mol. The molecule has 2 N–H and O–H groups in total. The number of imide groups is 1. The average molecular weight is 574 g/mol. The van der Waals surface area contributed by atoms with Gasteiger partial charge in [-0.25, -0.2) is 14.1 Å². The first-order chi connectivity index (χ1) is 19.4. The normalized spacial score (nSPS) is 18.8. The lowest BCUT2D eigenvalue weighted by atomic mass is 9.94. The summed E-state index contributed by atoms with van der Waals surface area (Å²) < 4.78 is 59.7. The molecule has 2 aromatic carbocycles. The number of aromatic nitrogens is 2. The van der Waals surface area contributed by atoms with Gasteiger partial charge in [0.2, 0.25) is 11.5 Å². The van der Waals surface area contributed by atoms with Gasteiger partial charge in [-0.15, -0.1) is 0 Å². The Kier molecular flexibility index (Phi) is 7.01. The van der Waals surface area contributed by atoms with Gasteiger partial charge in [0.25, 0.3) is 11.8 Å². The molecule has 1 aliphatic carbocycles. The Balaban J connectivity index is 1.35. The second-order valence-electron chi connectivity index (χ2n) is 9.75. The van der Waals surface area contributed by atoms with Gasteiger partial charge in [0.05, 0.1) is 0 Å². The summed E-state index contributed by atoms with van der Waals surface area (Å²) in [4.78, 5) is 52.8. The molecule has 4 amide bonds. The summed E-state index contributed by atoms with van der Waals surface area (Å²) in [6, 6.07) is 8.47. The monoisotopic (exact) mass is 573 g/mol. The lowest BCUT2D eigenvalue weighted by Crippen LogP contribution is -2.51. The standard InChI is InChI=1S/C27H23F4N5O5/c1-15(27(29,30)31)35(13-16-2-4-18(28)5-3-16)22(37)14-36-24(39)26(41-25(36)40)10-8-17-12-19(6-7-20(17)26)33-23(38)21-9-11-32-34-21/h2-7,9,11-12,15H,8,10,13-14H2,1H3,(H,32,34)(H,33,38)/t15-,26+/m0/s1. The largest absolute Gasteiger partial charge is 0.427 e. The second-order valence-corrected chi connectivity index (χ2v) is 9.75. The van der Waals surface area contributed by atoms with Crippen LogP contribution in [0.3, 0.4) is 0 Å². The molecule has 14 heteroatoms. The van der Waals surface area contributed by atoms with Crippen LogP contribution < -0.4 is 5.32 Å². The summed E-state index contributed by atoms with van der Waals surface area (Å²) in [5.74, 6) is -3.06. The van der Waals surface area contributed by atoms with Gasteiger partial charge in [-0.2, -0.15) is 18.3 Å². The van der Waals surface area contributed by atoms with Crippen LogP contribution in [0.2, 0.25) is 0 Å². The first-order valence-corrected chi connectivity index (χ1v) is 12.5. The lowest BCUT2D eigenvalue weighted by molar-refractivity contribution is -0.187. The fourth-order valence-electron chi connectivity index (χ4n) is 4.94. The number of alkyl halides is 3. The number of fused-ring (bicyclic) bond motifs is 2. The molecule has 10 nitrogen and oxygen atoms in total. The third-order valence-corrected chi connectivity index (χ3v) is 7.18. The molecule has 3 aromatic rings. The maximum absolute atomic E-state index is 13.6. The number of carbonyl (C=O) groups is 4.